The maximum atomic E-state index is 12.7. The molecule has 1 aromatic carbocycles. The van der Waals surface area contributed by atoms with Crippen LogP contribution < -0.4 is 0 Å². The molecular weight excluding hydrogens is 175 g/mol. The highest BCUT2D eigenvalue weighted by Gasteiger charge is 1.96. The van der Waals surface area contributed by atoms with Gasteiger partial charge in [-0.05, 0) is 18.2 Å². The van der Waals surface area contributed by atoms with Gasteiger partial charge in [0, 0.05) is 5.39 Å². The van der Waals surface area contributed by atoms with Gasteiger partial charge in [-0.1, -0.05) is 12.2 Å². The molecule has 60 valence electrons. The van der Waals surface area contributed by atoms with Crippen molar-refractivity contribution >= 4 is 23.1 Å². The molecule has 0 saturated carbocycles. The smallest absolute Gasteiger partial charge is 0.124 e. The summed E-state index contributed by atoms with van der Waals surface area (Å²) in [7, 11) is 0. The monoisotopic (exact) mass is 180 g/mol. The lowest BCUT2D eigenvalue weighted by molar-refractivity contribution is 0.629. The zero-order valence-electron chi connectivity index (χ0n) is 6.04. The molecule has 1 N–H and O–H groups in total. The van der Waals surface area contributed by atoms with E-state index in [1.807, 2.05) is 0 Å². The molecule has 0 aliphatic rings. The fourth-order valence-electron chi connectivity index (χ4n) is 1.05. The first-order chi connectivity index (χ1) is 5.77. The molecule has 0 saturated heterocycles. The Morgan fingerprint density at radius 1 is 1.42 bits per heavy atom. The van der Waals surface area contributed by atoms with E-state index in [1.165, 1.54) is 18.3 Å². The number of benzene rings is 1. The van der Waals surface area contributed by atoms with Crippen LogP contribution in [0.25, 0.3) is 10.9 Å². The van der Waals surface area contributed by atoms with Gasteiger partial charge >= 0.3 is 0 Å². The molecule has 2 nitrogen and oxygen atoms in total. The largest absolute Gasteiger partial charge is 0.278 e. The second-order valence-corrected chi connectivity index (χ2v) is 2.86. The summed E-state index contributed by atoms with van der Waals surface area (Å²) in [5.41, 5.74) is 0.754. The molecule has 4 heteroatoms. The van der Waals surface area contributed by atoms with Gasteiger partial charge in [0.25, 0.3) is 0 Å². The number of halogens is 1. The van der Waals surface area contributed by atoms with Gasteiger partial charge in [-0.25, -0.2) is 4.39 Å². The van der Waals surface area contributed by atoms with Crippen LogP contribution in [0.4, 0.5) is 4.39 Å². The van der Waals surface area contributed by atoms with Gasteiger partial charge in [-0.2, -0.15) is 5.10 Å². The SMILES string of the molecule is Fc1ccc2[nH]ncc(=S)c2c1. The third-order valence-electron chi connectivity index (χ3n) is 1.61. The number of hydrogen-bond donors (Lipinski definition) is 1. The van der Waals surface area contributed by atoms with E-state index in [9.17, 15) is 4.39 Å². The Balaban J connectivity index is 2.98. The lowest BCUT2D eigenvalue weighted by atomic mass is 10.2. The first-order valence-electron chi connectivity index (χ1n) is 3.40. The van der Waals surface area contributed by atoms with Crippen molar-refractivity contribution in [1.29, 1.82) is 0 Å². The zero-order valence-corrected chi connectivity index (χ0v) is 6.86. The minimum atomic E-state index is -0.284. The number of nitrogens with zero attached hydrogens (tertiary/aromatic N) is 1. The predicted molar refractivity (Wildman–Crippen MR) is 46.9 cm³/mol. The van der Waals surface area contributed by atoms with Gasteiger partial charge in [-0.3, -0.25) is 5.10 Å². The maximum absolute atomic E-state index is 12.7. The summed E-state index contributed by atoms with van der Waals surface area (Å²) >= 11 is 4.96. The molecule has 0 aliphatic carbocycles. The van der Waals surface area contributed by atoms with Gasteiger partial charge in [0.15, 0.2) is 0 Å². The first-order valence-corrected chi connectivity index (χ1v) is 3.81. The molecule has 0 radical (unpaired) electrons. The summed E-state index contributed by atoms with van der Waals surface area (Å²) in [5, 5.41) is 7.22. The molecule has 0 bridgehead atoms. The van der Waals surface area contributed by atoms with Crippen LogP contribution in [0, 0.1) is 10.3 Å². The quantitative estimate of drug-likeness (QED) is 0.631. The van der Waals surface area contributed by atoms with Crippen molar-refractivity contribution in [2.24, 2.45) is 0 Å². The van der Waals surface area contributed by atoms with Crippen molar-refractivity contribution in [3.8, 4) is 0 Å². The van der Waals surface area contributed by atoms with Crippen LogP contribution in [-0.2, 0) is 0 Å². The van der Waals surface area contributed by atoms with Gasteiger partial charge < -0.3 is 0 Å². The summed E-state index contributed by atoms with van der Waals surface area (Å²) < 4.78 is 13.3. The summed E-state index contributed by atoms with van der Waals surface area (Å²) in [5.74, 6) is -0.284. The van der Waals surface area contributed by atoms with E-state index < -0.39 is 0 Å². The van der Waals surface area contributed by atoms with Crippen LogP contribution >= 0.6 is 12.2 Å². The lowest BCUT2D eigenvalue weighted by Crippen LogP contribution is -1.84. The van der Waals surface area contributed by atoms with Crippen LogP contribution in [0.3, 0.4) is 0 Å². The summed E-state index contributed by atoms with van der Waals surface area (Å²) in [6.45, 7) is 0. The molecule has 2 aromatic rings. The molecule has 2 rings (SSSR count). The maximum Gasteiger partial charge on any atom is 0.124 e. The lowest BCUT2D eigenvalue weighted by Gasteiger charge is -1.95. The Labute approximate surface area is 73.0 Å². The van der Waals surface area contributed by atoms with E-state index in [-0.39, 0.29) is 5.82 Å². The Morgan fingerprint density at radius 2 is 2.25 bits per heavy atom. The van der Waals surface area contributed by atoms with Crippen molar-refractivity contribution < 1.29 is 4.39 Å². The van der Waals surface area contributed by atoms with E-state index in [0.717, 1.165) is 5.52 Å². The highest BCUT2D eigenvalue weighted by Crippen LogP contribution is 2.12. The minimum absolute atomic E-state index is 0.284. The Morgan fingerprint density at radius 3 is 3.08 bits per heavy atom. The van der Waals surface area contributed by atoms with Crippen LogP contribution in [0.1, 0.15) is 0 Å². The van der Waals surface area contributed by atoms with Crippen molar-refractivity contribution in [3.63, 3.8) is 0 Å². The number of nitrogens with one attached hydrogen (secondary N) is 1. The Kier molecular flexibility index (Phi) is 1.62. The van der Waals surface area contributed by atoms with Gasteiger partial charge in [0.05, 0.1) is 16.2 Å². The van der Waals surface area contributed by atoms with E-state index in [4.69, 9.17) is 12.2 Å². The van der Waals surface area contributed by atoms with Crippen LogP contribution in [0.5, 0.6) is 0 Å². The molecular formula is C8H5FN2S. The third-order valence-corrected chi connectivity index (χ3v) is 1.94. The van der Waals surface area contributed by atoms with Gasteiger partial charge in [0.2, 0.25) is 0 Å². The van der Waals surface area contributed by atoms with Crippen LogP contribution in [-0.4, -0.2) is 10.2 Å². The molecule has 0 aliphatic heterocycles. The molecule has 12 heavy (non-hydrogen) atoms. The number of aromatic nitrogens is 2. The zero-order chi connectivity index (χ0) is 8.55. The fourth-order valence-corrected chi connectivity index (χ4v) is 1.27. The topological polar surface area (TPSA) is 28.7 Å². The normalized spacial score (nSPS) is 10.4. The summed E-state index contributed by atoms with van der Waals surface area (Å²) in [4.78, 5) is 0. The molecule has 0 spiro atoms. The fraction of sp³-hybridized carbons (Fsp3) is 0. The van der Waals surface area contributed by atoms with Gasteiger partial charge in [0.1, 0.15) is 5.82 Å². The predicted octanol–water partition coefficient (Wildman–Crippen LogP) is 2.43. The average molecular weight is 180 g/mol. The van der Waals surface area contributed by atoms with E-state index >= 15 is 0 Å². The molecule has 0 fully saturated rings. The van der Waals surface area contributed by atoms with Crippen molar-refractivity contribution in [1.82, 2.24) is 10.2 Å². The molecule has 0 atom stereocenters. The number of rotatable bonds is 0. The van der Waals surface area contributed by atoms with Crippen molar-refractivity contribution in [3.05, 3.63) is 34.7 Å². The Bertz CT molecular complexity index is 478. The van der Waals surface area contributed by atoms with Crippen LogP contribution in [0.15, 0.2) is 24.4 Å². The third kappa shape index (κ3) is 1.10. The number of aromatic amines is 1. The second kappa shape index (κ2) is 2.64. The van der Waals surface area contributed by atoms with Gasteiger partial charge in [-0.15, -0.1) is 0 Å². The first kappa shape index (κ1) is 7.36. The van der Waals surface area contributed by atoms with Crippen molar-refractivity contribution in [2.45, 2.75) is 0 Å². The number of H-pyrrole nitrogens is 1. The molecule has 1 heterocycles. The standard InChI is InChI=1S/C8H5FN2S/c9-5-1-2-7-6(3-5)8(12)4-10-11-7/h1-4H,(H,11,12). The molecule has 0 amide bonds. The summed E-state index contributed by atoms with van der Waals surface area (Å²) in [6.07, 6.45) is 1.50. The highest BCUT2D eigenvalue weighted by atomic mass is 32.1. The second-order valence-electron chi connectivity index (χ2n) is 2.42. The van der Waals surface area contributed by atoms with E-state index in [0.29, 0.717) is 9.90 Å². The van der Waals surface area contributed by atoms with E-state index in [2.05, 4.69) is 10.2 Å². The average Bonchev–Trinajstić information content (AvgIpc) is 2.07. The number of hydrogen-bond acceptors (Lipinski definition) is 2. The molecule has 0 unspecified atom stereocenters. The highest BCUT2D eigenvalue weighted by molar-refractivity contribution is 7.71. The van der Waals surface area contributed by atoms with Crippen molar-refractivity contribution in [2.75, 3.05) is 0 Å². The number of fused-ring (bicyclic) bond motifs is 1. The van der Waals surface area contributed by atoms with E-state index in [1.54, 1.807) is 6.07 Å². The Hall–Kier alpha value is -1.29. The minimum Gasteiger partial charge on any atom is -0.278 e. The summed E-state index contributed by atoms with van der Waals surface area (Å²) in [6, 6.07) is 4.39. The van der Waals surface area contributed by atoms with Crippen LogP contribution in [0.2, 0.25) is 0 Å². The molecule has 1 aromatic heterocycles.